The lowest BCUT2D eigenvalue weighted by molar-refractivity contribution is -0.163. The molecule has 0 radical (unpaired) electrons. The van der Waals surface area contributed by atoms with Crippen LogP contribution < -0.4 is 4.90 Å². The highest BCUT2D eigenvalue weighted by Gasteiger charge is 2.81. The van der Waals surface area contributed by atoms with Crippen LogP contribution in [0.5, 0.6) is 0 Å². The van der Waals surface area contributed by atoms with Crippen LogP contribution >= 0.6 is 0 Å². The molecule has 0 unspecified atom stereocenters. The number of benzene rings is 2. The quantitative estimate of drug-likeness (QED) is 0.456. The zero-order valence-corrected chi connectivity index (χ0v) is 17.4. The van der Waals surface area contributed by atoms with E-state index in [1.54, 1.807) is 25.1 Å². The van der Waals surface area contributed by atoms with Crippen molar-refractivity contribution in [3.63, 3.8) is 0 Å². The van der Waals surface area contributed by atoms with E-state index in [4.69, 9.17) is 14.2 Å². The number of fused-ring (bicyclic) bond motifs is 3. The molecule has 31 heavy (non-hydrogen) atoms. The van der Waals surface area contributed by atoms with E-state index >= 15 is 0 Å². The number of aryl methyl sites for hydroxylation is 1. The third-order valence-corrected chi connectivity index (χ3v) is 6.15. The molecule has 1 aliphatic carbocycles. The van der Waals surface area contributed by atoms with Crippen LogP contribution in [0.4, 0.5) is 10.5 Å². The Morgan fingerprint density at radius 1 is 1.00 bits per heavy atom. The lowest BCUT2D eigenvalue weighted by Gasteiger charge is -2.33. The van der Waals surface area contributed by atoms with Gasteiger partial charge in [0.2, 0.25) is 0 Å². The van der Waals surface area contributed by atoms with E-state index < -0.39 is 41.5 Å². The number of carbonyl (C=O) groups excluding carboxylic acids is 3. The summed E-state index contributed by atoms with van der Waals surface area (Å²) < 4.78 is 15.3. The van der Waals surface area contributed by atoms with Crippen LogP contribution in [-0.4, -0.2) is 43.6 Å². The monoisotopic (exact) mass is 425 g/mol. The van der Waals surface area contributed by atoms with Crippen molar-refractivity contribution < 1.29 is 33.7 Å². The molecular weight excluding hydrogens is 402 g/mol. The first-order valence-electron chi connectivity index (χ1n) is 9.83. The predicted molar refractivity (Wildman–Crippen MR) is 109 cm³/mol. The Balaban J connectivity index is 1.74. The number of aliphatic hydroxyl groups is 1. The number of hydrogen-bond donors (Lipinski definition) is 1. The second kappa shape index (κ2) is 7.70. The highest BCUT2D eigenvalue weighted by molar-refractivity contribution is 6.08. The fourth-order valence-corrected chi connectivity index (χ4v) is 4.75. The topological polar surface area (TPSA) is 102 Å². The molecule has 4 rings (SSSR count). The lowest BCUT2D eigenvalue weighted by atomic mass is 9.95. The third kappa shape index (κ3) is 2.97. The minimum absolute atomic E-state index is 0.0113. The maximum atomic E-state index is 13.1. The number of para-hydroxylation sites is 1. The van der Waals surface area contributed by atoms with E-state index in [-0.39, 0.29) is 6.61 Å². The van der Waals surface area contributed by atoms with Crippen molar-refractivity contribution in [2.24, 2.45) is 11.3 Å². The van der Waals surface area contributed by atoms with Crippen molar-refractivity contribution in [2.45, 2.75) is 25.7 Å². The van der Waals surface area contributed by atoms with Crippen molar-refractivity contribution in [1.29, 1.82) is 0 Å². The zero-order valence-electron chi connectivity index (χ0n) is 17.4. The summed E-state index contributed by atoms with van der Waals surface area (Å²) in [5, 5.41) is 11.2. The maximum absolute atomic E-state index is 13.1. The molecule has 2 aromatic carbocycles. The largest absolute Gasteiger partial charge is 0.468 e. The van der Waals surface area contributed by atoms with Crippen molar-refractivity contribution >= 4 is 23.7 Å². The van der Waals surface area contributed by atoms with Gasteiger partial charge in [0.15, 0.2) is 5.41 Å². The molecule has 1 heterocycles. The number of rotatable bonds is 4. The first kappa shape index (κ1) is 20.9. The second-order valence-electron chi connectivity index (χ2n) is 7.69. The van der Waals surface area contributed by atoms with E-state index in [0.717, 1.165) is 10.5 Å². The van der Waals surface area contributed by atoms with Gasteiger partial charge in [-0.2, -0.15) is 0 Å². The number of esters is 2. The number of nitrogens with zero attached hydrogens (tertiary/aromatic N) is 1. The van der Waals surface area contributed by atoms with Gasteiger partial charge in [0.05, 0.1) is 19.9 Å². The molecule has 0 spiro atoms. The molecule has 2 aromatic rings. The smallest absolute Gasteiger partial charge is 0.416 e. The number of hydrogen-bond acceptors (Lipinski definition) is 7. The Morgan fingerprint density at radius 2 is 1.65 bits per heavy atom. The van der Waals surface area contributed by atoms with Gasteiger partial charge in [0.1, 0.15) is 12.8 Å². The molecule has 162 valence electrons. The van der Waals surface area contributed by atoms with Crippen LogP contribution in [0, 0.1) is 18.3 Å². The summed E-state index contributed by atoms with van der Waals surface area (Å²) in [4.78, 5) is 39.6. The maximum Gasteiger partial charge on any atom is 0.416 e. The number of aliphatic hydroxyl groups excluding tert-OH is 1. The van der Waals surface area contributed by atoms with Gasteiger partial charge in [-0.1, -0.05) is 48.5 Å². The summed E-state index contributed by atoms with van der Waals surface area (Å²) in [6.45, 7) is 1.79. The molecule has 2 aliphatic rings. The molecule has 1 fully saturated rings. The Labute approximate surface area is 179 Å². The predicted octanol–water partition coefficient (Wildman–Crippen LogP) is 2.52. The van der Waals surface area contributed by atoms with Gasteiger partial charge in [-0.3, -0.25) is 14.5 Å². The molecule has 0 bridgehead atoms. The minimum atomic E-state index is -1.72. The van der Waals surface area contributed by atoms with Gasteiger partial charge in [0.25, 0.3) is 0 Å². The summed E-state index contributed by atoms with van der Waals surface area (Å²) in [6.07, 6.45) is -2.25. The molecular formula is C23H23NO7. The molecule has 1 saturated carbocycles. The van der Waals surface area contributed by atoms with E-state index in [1.807, 2.05) is 30.3 Å². The van der Waals surface area contributed by atoms with Crippen LogP contribution in [-0.2, 0) is 30.4 Å². The van der Waals surface area contributed by atoms with E-state index in [9.17, 15) is 19.5 Å². The Kier molecular flexibility index (Phi) is 5.18. The fourth-order valence-electron chi connectivity index (χ4n) is 4.75. The Morgan fingerprint density at radius 3 is 2.26 bits per heavy atom. The molecule has 1 amide bonds. The van der Waals surface area contributed by atoms with Gasteiger partial charge in [-0.05, 0) is 23.6 Å². The van der Waals surface area contributed by atoms with Crippen LogP contribution in [0.1, 0.15) is 22.6 Å². The number of anilines is 1. The first-order chi connectivity index (χ1) is 14.9. The third-order valence-electron chi connectivity index (χ3n) is 6.15. The average molecular weight is 425 g/mol. The van der Waals surface area contributed by atoms with Gasteiger partial charge < -0.3 is 19.3 Å². The van der Waals surface area contributed by atoms with Gasteiger partial charge >= 0.3 is 18.0 Å². The number of ether oxygens (including phenoxy) is 3. The minimum Gasteiger partial charge on any atom is -0.468 e. The molecule has 1 aliphatic heterocycles. The van der Waals surface area contributed by atoms with Gasteiger partial charge in [0, 0.05) is 11.8 Å². The number of methoxy groups -OCH3 is 2. The van der Waals surface area contributed by atoms with E-state index in [1.165, 1.54) is 14.2 Å². The van der Waals surface area contributed by atoms with Crippen LogP contribution in [0.15, 0.2) is 48.5 Å². The Hall–Kier alpha value is -3.39. The molecule has 0 aromatic heterocycles. The van der Waals surface area contributed by atoms with Crippen LogP contribution in [0.25, 0.3) is 0 Å². The number of amides is 1. The summed E-state index contributed by atoms with van der Waals surface area (Å²) in [5.41, 5.74) is 0.768. The van der Waals surface area contributed by atoms with E-state index in [2.05, 4.69) is 0 Å². The normalized spacial score (nSPS) is 22.6. The van der Waals surface area contributed by atoms with Crippen molar-refractivity contribution in [1.82, 2.24) is 0 Å². The van der Waals surface area contributed by atoms with E-state index in [0.29, 0.717) is 16.8 Å². The van der Waals surface area contributed by atoms with Crippen LogP contribution in [0.3, 0.4) is 0 Å². The summed E-state index contributed by atoms with van der Waals surface area (Å²) in [5.74, 6) is -3.19. The number of carbonyl (C=O) groups is 3. The summed E-state index contributed by atoms with van der Waals surface area (Å²) in [7, 11) is 2.35. The SMILES string of the molecule is COC(=O)C1(C(=O)OC)[C@@H]2[C@H]1c1cccc(C)c1N(C(=O)OCc1ccccc1)[C@H]2O. The summed E-state index contributed by atoms with van der Waals surface area (Å²) >= 11 is 0. The van der Waals surface area contributed by atoms with Crippen molar-refractivity contribution in [3.8, 4) is 0 Å². The summed E-state index contributed by atoms with van der Waals surface area (Å²) in [6, 6.07) is 14.4. The molecule has 1 N–H and O–H groups in total. The lowest BCUT2D eigenvalue weighted by Crippen LogP contribution is -2.46. The van der Waals surface area contributed by atoms with Gasteiger partial charge in [-0.25, -0.2) is 4.79 Å². The van der Waals surface area contributed by atoms with Crippen molar-refractivity contribution in [3.05, 3.63) is 65.2 Å². The van der Waals surface area contributed by atoms with Crippen LogP contribution in [0.2, 0.25) is 0 Å². The molecule has 8 heteroatoms. The highest BCUT2D eigenvalue weighted by atomic mass is 16.6. The standard InChI is InChI=1S/C23H23NO7/c1-13-8-7-11-15-16-17(23(16,20(26)29-2)21(27)30-3)19(25)24(18(13)15)22(28)31-12-14-9-5-4-6-10-14/h4-11,16-17,19,25H,12H2,1-3H3/t16-,17-,19+/m1/s1. The second-order valence-corrected chi connectivity index (χ2v) is 7.69. The average Bonchev–Trinajstić information content (AvgIpc) is 3.50. The zero-order chi connectivity index (χ0) is 22.3. The highest BCUT2D eigenvalue weighted by Crippen LogP contribution is 2.71. The van der Waals surface area contributed by atoms with Gasteiger partial charge in [-0.15, -0.1) is 0 Å². The Bertz CT molecular complexity index is 1020. The fraction of sp³-hybridized carbons (Fsp3) is 0.348. The first-order valence-corrected chi connectivity index (χ1v) is 9.83. The molecule has 0 saturated heterocycles. The van der Waals surface area contributed by atoms with Crippen molar-refractivity contribution in [2.75, 3.05) is 19.1 Å². The molecule has 3 atom stereocenters. The molecule has 8 nitrogen and oxygen atoms in total.